The molecule has 3 heteroatoms. The van der Waals surface area contributed by atoms with Crippen LogP contribution in [0.4, 0.5) is 0 Å². The van der Waals surface area contributed by atoms with Crippen LogP contribution in [0.1, 0.15) is 59.8 Å². The van der Waals surface area contributed by atoms with Crippen molar-refractivity contribution in [3.8, 4) is 0 Å². The standard InChI is InChI=1S/C14H31O2Si/c1-6-7-8-9-10-13-17(14(2,3)4)16-12-11-15-5/h6-13H2,1-5H3. The van der Waals surface area contributed by atoms with Gasteiger partial charge in [0.1, 0.15) is 0 Å². The molecule has 17 heavy (non-hydrogen) atoms. The van der Waals surface area contributed by atoms with Crippen LogP contribution in [0.25, 0.3) is 0 Å². The van der Waals surface area contributed by atoms with Gasteiger partial charge in [-0.25, -0.2) is 0 Å². The van der Waals surface area contributed by atoms with E-state index in [4.69, 9.17) is 9.16 Å². The largest absolute Gasteiger partial charge is 0.414 e. The summed E-state index contributed by atoms with van der Waals surface area (Å²) in [5.41, 5.74) is 0. The second kappa shape index (κ2) is 10.1. The lowest BCUT2D eigenvalue weighted by molar-refractivity contribution is 0.142. The Morgan fingerprint density at radius 2 is 1.59 bits per heavy atom. The van der Waals surface area contributed by atoms with E-state index in [1.54, 1.807) is 7.11 Å². The monoisotopic (exact) mass is 259 g/mol. The molecule has 0 rings (SSSR count). The van der Waals surface area contributed by atoms with E-state index in [1.165, 1.54) is 38.1 Å². The Morgan fingerprint density at radius 3 is 2.12 bits per heavy atom. The molecule has 0 fully saturated rings. The van der Waals surface area contributed by atoms with Crippen molar-refractivity contribution in [2.45, 2.75) is 70.9 Å². The molecule has 0 N–H and O–H groups in total. The van der Waals surface area contributed by atoms with Crippen LogP contribution >= 0.6 is 0 Å². The van der Waals surface area contributed by atoms with Crippen molar-refractivity contribution >= 4 is 9.04 Å². The molecule has 1 radical (unpaired) electrons. The molecule has 0 saturated heterocycles. The number of hydrogen-bond acceptors (Lipinski definition) is 2. The van der Waals surface area contributed by atoms with Crippen molar-refractivity contribution in [2.24, 2.45) is 0 Å². The van der Waals surface area contributed by atoms with Gasteiger partial charge in [0.15, 0.2) is 0 Å². The second-order valence-electron chi connectivity index (χ2n) is 5.68. The van der Waals surface area contributed by atoms with Crippen LogP contribution in [-0.4, -0.2) is 29.4 Å². The van der Waals surface area contributed by atoms with Gasteiger partial charge < -0.3 is 9.16 Å². The molecular formula is C14H31O2Si. The van der Waals surface area contributed by atoms with Gasteiger partial charge in [0.25, 0.3) is 0 Å². The minimum Gasteiger partial charge on any atom is -0.414 e. The van der Waals surface area contributed by atoms with Crippen LogP contribution in [0.5, 0.6) is 0 Å². The zero-order valence-corrected chi connectivity index (χ0v) is 13.5. The summed E-state index contributed by atoms with van der Waals surface area (Å²) in [7, 11) is 1.03. The van der Waals surface area contributed by atoms with Crippen LogP contribution in [0.2, 0.25) is 11.1 Å². The summed E-state index contributed by atoms with van der Waals surface area (Å²) in [5, 5.41) is 0.336. The molecule has 0 aromatic carbocycles. The Hall–Kier alpha value is 0.137. The molecule has 0 aliphatic heterocycles. The molecule has 0 heterocycles. The Labute approximate surface area is 110 Å². The van der Waals surface area contributed by atoms with Crippen molar-refractivity contribution in [1.82, 2.24) is 0 Å². The fourth-order valence-electron chi connectivity index (χ4n) is 1.80. The summed E-state index contributed by atoms with van der Waals surface area (Å²) in [6.07, 6.45) is 6.78. The quantitative estimate of drug-likeness (QED) is 0.427. The molecule has 0 bridgehead atoms. The summed E-state index contributed by atoms with van der Waals surface area (Å²) in [5.74, 6) is 0. The minimum atomic E-state index is -0.700. The fourth-order valence-corrected chi connectivity index (χ4v) is 4.03. The average Bonchev–Trinajstić information content (AvgIpc) is 2.25. The Balaban J connectivity index is 3.78. The number of ether oxygens (including phenoxy) is 1. The summed E-state index contributed by atoms with van der Waals surface area (Å²) in [6, 6.07) is 1.28. The first-order valence-corrected chi connectivity index (χ1v) is 8.62. The van der Waals surface area contributed by atoms with E-state index < -0.39 is 9.04 Å². The van der Waals surface area contributed by atoms with E-state index in [-0.39, 0.29) is 0 Å². The molecule has 0 aliphatic carbocycles. The van der Waals surface area contributed by atoms with Crippen LogP contribution in [-0.2, 0) is 9.16 Å². The van der Waals surface area contributed by atoms with Crippen LogP contribution in [0.3, 0.4) is 0 Å². The SMILES string of the molecule is CCCCCCC[Si](OCCOC)C(C)(C)C. The fraction of sp³-hybridized carbons (Fsp3) is 1.00. The van der Waals surface area contributed by atoms with Gasteiger partial charge >= 0.3 is 0 Å². The molecule has 0 saturated carbocycles. The van der Waals surface area contributed by atoms with E-state index in [2.05, 4.69) is 27.7 Å². The van der Waals surface area contributed by atoms with Gasteiger partial charge in [0, 0.05) is 7.11 Å². The first kappa shape index (κ1) is 17.1. The molecule has 2 nitrogen and oxygen atoms in total. The van der Waals surface area contributed by atoms with Crippen LogP contribution in [0, 0.1) is 0 Å². The van der Waals surface area contributed by atoms with Crippen LogP contribution in [0.15, 0.2) is 0 Å². The maximum Gasteiger partial charge on any atom is 0.217 e. The van der Waals surface area contributed by atoms with E-state index in [9.17, 15) is 0 Å². The number of methoxy groups -OCH3 is 1. The second-order valence-corrected chi connectivity index (χ2v) is 8.81. The molecule has 0 aromatic heterocycles. The highest BCUT2D eigenvalue weighted by Gasteiger charge is 2.28. The molecule has 0 unspecified atom stereocenters. The Morgan fingerprint density at radius 1 is 0.941 bits per heavy atom. The highest BCUT2D eigenvalue weighted by molar-refractivity contribution is 6.55. The van der Waals surface area contributed by atoms with Gasteiger partial charge in [0.2, 0.25) is 9.04 Å². The molecule has 0 aliphatic rings. The maximum absolute atomic E-state index is 6.03. The van der Waals surface area contributed by atoms with Crippen molar-refractivity contribution in [2.75, 3.05) is 20.3 Å². The molecule has 0 spiro atoms. The smallest absolute Gasteiger partial charge is 0.217 e. The van der Waals surface area contributed by atoms with Gasteiger partial charge in [-0.1, -0.05) is 59.8 Å². The first-order valence-electron chi connectivity index (χ1n) is 7.00. The number of unbranched alkanes of at least 4 members (excludes halogenated alkanes) is 4. The van der Waals surface area contributed by atoms with Crippen LogP contribution < -0.4 is 0 Å². The van der Waals surface area contributed by atoms with Gasteiger partial charge in [-0.2, -0.15) is 0 Å². The van der Waals surface area contributed by atoms with Crippen molar-refractivity contribution < 1.29 is 9.16 Å². The van der Waals surface area contributed by atoms with Gasteiger partial charge in [-0.3, -0.25) is 0 Å². The average molecular weight is 259 g/mol. The predicted octanol–water partition coefficient (Wildman–Crippen LogP) is 4.41. The topological polar surface area (TPSA) is 18.5 Å². The first-order chi connectivity index (χ1) is 8.02. The Bertz CT molecular complexity index is 166. The maximum atomic E-state index is 6.03. The predicted molar refractivity (Wildman–Crippen MR) is 76.9 cm³/mol. The molecule has 103 valence electrons. The summed E-state index contributed by atoms with van der Waals surface area (Å²) in [4.78, 5) is 0. The van der Waals surface area contributed by atoms with E-state index >= 15 is 0 Å². The highest BCUT2D eigenvalue weighted by atomic mass is 28.3. The summed E-state index contributed by atoms with van der Waals surface area (Å²) >= 11 is 0. The third-order valence-corrected chi connectivity index (χ3v) is 5.94. The highest BCUT2D eigenvalue weighted by Crippen LogP contribution is 2.31. The number of rotatable bonds is 10. The minimum absolute atomic E-state index is 0.336. The lowest BCUT2D eigenvalue weighted by Gasteiger charge is -2.28. The zero-order valence-electron chi connectivity index (χ0n) is 12.5. The van der Waals surface area contributed by atoms with E-state index in [1.807, 2.05) is 0 Å². The Kier molecular flexibility index (Phi) is 10.2. The molecule has 0 amide bonds. The van der Waals surface area contributed by atoms with Crippen molar-refractivity contribution in [1.29, 1.82) is 0 Å². The molecule has 0 aromatic rings. The lowest BCUT2D eigenvalue weighted by atomic mass is 10.2. The van der Waals surface area contributed by atoms with Gasteiger partial charge in [-0.15, -0.1) is 0 Å². The van der Waals surface area contributed by atoms with Gasteiger partial charge in [-0.05, 0) is 11.1 Å². The third kappa shape index (κ3) is 9.80. The number of hydrogen-bond donors (Lipinski definition) is 0. The van der Waals surface area contributed by atoms with E-state index in [0.717, 1.165) is 13.2 Å². The van der Waals surface area contributed by atoms with Gasteiger partial charge in [0.05, 0.1) is 13.2 Å². The lowest BCUT2D eigenvalue weighted by Crippen LogP contribution is -2.30. The third-order valence-electron chi connectivity index (χ3n) is 2.91. The molecular weight excluding hydrogens is 228 g/mol. The molecule has 0 atom stereocenters. The normalized spacial score (nSPS) is 12.4. The van der Waals surface area contributed by atoms with E-state index in [0.29, 0.717) is 5.04 Å². The summed E-state index contributed by atoms with van der Waals surface area (Å²) in [6.45, 7) is 10.7. The zero-order chi connectivity index (χ0) is 13.1. The summed E-state index contributed by atoms with van der Waals surface area (Å²) < 4.78 is 11.1. The van der Waals surface area contributed by atoms with Crippen molar-refractivity contribution in [3.05, 3.63) is 0 Å². The van der Waals surface area contributed by atoms with Crippen molar-refractivity contribution in [3.63, 3.8) is 0 Å².